The van der Waals surface area contributed by atoms with Crippen molar-refractivity contribution in [3.8, 4) is 0 Å². The van der Waals surface area contributed by atoms with Crippen LogP contribution in [0.15, 0.2) is 36.4 Å². The van der Waals surface area contributed by atoms with Crippen molar-refractivity contribution in [3.05, 3.63) is 63.5 Å². The Morgan fingerprint density at radius 2 is 1.93 bits per heavy atom. The second-order valence-electron chi connectivity index (χ2n) is 7.04. The van der Waals surface area contributed by atoms with Gasteiger partial charge in [-0.3, -0.25) is 14.9 Å². The van der Waals surface area contributed by atoms with Gasteiger partial charge in [-0.15, -0.1) is 0 Å². The summed E-state index contributed by atoms with van der Waals surface area (Å²) in [6.07, 6.45) is 1.97. The highest BCUT2D eigenvalue weighted by Gasteiger charge is 2.25. The van der Waals surface area contributed by atoms with E-state index in [-0.39, 0.29) is 11.3 Å². The molecule has 2 aromatic carbocycles. The van der Waals surface area contributed by atoms with E-state index in [1.54, 1.807) is 25.1 Å². The molecule has 0 aromatic heterocycles. The predicted molar refractivity (Wildman–Crippen MR) is 103 cm³/mol. The van der Waals surface area contributed by atoms with Crippen molar-refractivity contribution in [2.24, 2.45) is 5.92 Å². The Hall–Kier alpha value is -2.96. The first-order chi connectivity index (χ1) is 12.8. The Kier molecular flexibility index (Phi) is 5.39. The molecule has 3 rings (SSSR count). The topological polar surface area (TPSA) is 75.5 Å². The molecule has 1 aliphatic rings. The molecule has 1 heterocycles. The van der Waals surface area contributed by atoms with Crippen molar-refractivity contribution in [2.45, 2.75) is 26.7 Å². The number of amides is 1. The van der Waals surface area contributed by atoms with Crippen LogP contribution in [0, 0.1) is 28.8 Å². The van der Waals surface area contributed by atoms with Crippen molar-refractivity contribution in [1.29, 1.82) is 0 Å². The predicted octanol–water partition coefficient (Wildman–Crippen LogP) is 4.53. The largest absolute Gasteiger partial charge is 0.366 e. The molecule has 1 aliphatic heterocycles. The number of nitro groups is 1. The molecule has 1 fully saturated rings. The second-order valence-corrected chi connectivity index (χ2v) is 7.04. The number of carbonyl (C=O) groups is 1. The molecule has 0 saturated carbocycles. The fourth-order valence-electron chi connectivity index (χ4n) is 3.25. The molecule has 0 atom stereocenters. The van der Waals surface area contributed by atoms with Gasteiger partial charge >= 0.3 is 0 Å². The van der Waals surface area contributed by atoms with Gasteiger partial charge in [0.1, 0.15) is 11.5 Å². The van der Waals surface area contributed by atoms with Gasteiger partial charge in [0.05, 0.1) is 4.92 Å². The summed E-state index contributed by atoms with van der Waals surface area (Å²) < 4.78 is 13.4. The van der Waals surface area contributed by atoms with Crippen molar-refractivity contribution in [3.63, 3.8) is 0 Å². The van der Waals surface area contributed by atoms with Crippen LogP contribution in [0.4, 0.5) is 21.5 Å². The molecule has 7 heteroatoms. The lowest BCUT2D eigenvalue weighted by Gasteiger charge is -2.31. The van der Waals surface area contributed by atoms with E-state index in [0.29, 0.717) is 22.9 Å². The van der Waals surface area contributed by atoms with Gasteiger partial charge in [-0.2, -0.15) is 0 Å². The number of hydrogen-bond donors (Lipinski definition) is 1. The number of hydrogen-bond acceptors (Lipinski definition) is 4. The van der Waals surface area contributed by atoms with E-state index in [0.717, 1.165) is 25.9 Å². The smallest absolute Gasteiger partial charge is 0.293 e. The highest BCUT2D eigenvalue weighted by molar-refractivity contribution is 6.05. The maximum atomic E-state index is 13.4. The third kappa shape index (κ3) is 4.24. The van der Waals surface area contributed by atoms with E-state index in [4.69, 9.17) is 0 Å². The van der Waals surface area contributed by atoms with Gasteiger partial charge in [0.15, 0.2) is 0 Å². The van der Waals surface area contributed by atoms with Crippen LogP contribution >= 0.6 is 0 Å². The van der Waals surface area contributed by atoms with E-state index in [1.807, 2.05) is 4.90 Å². The van der Waals surface area contributed by atoms with Crippen molar-refractivity contribution in [1.82, 2.24) is 0 Å². The lowest BCUT2D eigenvalue weighted by molar-refractivity contribution is -0.384. The minimum Gasteiger partial charge on any atom is -0.366 e. The van der Waals surface area contributed by atoms with Gasteiger partial charge < -0.3 is 10.2 Å². The minimum absolute atomic E-state index is 0.0897. The van der Waals surface area contributed by atoms with Crippen molar-refractivity contribution in [2.75, 3.05) is 23.3 Å². The highest BCUT2D eigenvalue weighted by atomic mass is 19.1. The molecule has 0 radical (unpaired) electrons. The summed E-state index contributed by atoms with van der Waals surface area (Å²) in [6.45, 7) is 5.44. The number of piperidine rings is 1. The summed E-state index contributed by atoms with van der Waals surface area (Å²) in [4.78, 5) is 25.6. The molecule has 1 N–H and O–H groups in total. The van der Waals surface area contributed by atoms with E-state index < -0.39 is 16.6 Å². The van der Waals surface area contributed by atoms with Gasteiger partial charge in [0.25, 0.3) is 11.6 Å². The first-order valence-corrected chi connectivity index (χ1v) is 8.96. The van der Waals surface area contributed by atoms with Crippen LogP contribution in [0.1, 0.15) is 35.7 Å². The van der Waals surface area contributed by atoms with Gasteiger partial charge in [0, 0.05) is 30.4 Å². The summed E-state index contributed by atoms with van der Waals surface area (Å²) in [5, 5.41) is 14.2. The molecule has 0 unspecified atom stereocenters. The molecule has 0 bridgehead atoms. The van der Waals surface area contributed by atoms with E-state index in [2.05, 4.69) is 12.2 Å². The highest BCUT2D eigenvalue weighted by Crippen LogP contribution is 2.32. The Labute approximate surface area is 157 Å². The average molecular weight is 371 g/mol. The minimum atomic E-state index is -0.509. The number of nitrogens with one attached hydrogen (secondary N) is 1. The Balaban J connectivity index is 1.86. The zero-order valence-corrected chi connectivity index (χ0v) is 15.4. The van der Waals surface area contributed by atoms with E-state index >= 15 is 0 Å². The van der Waals surface area contributed by atoms with Gasteiger partial charge in [-0.05, 0) is 55.5 Å². The Morgan fingerprint density at radius 1 is 1.22 bits per heavy atom. The number of anilines is 2. The third-order valence-electron chi connectivity index (χ3n) is 5.01. The fraction of sp³-hybridized carbons (Fsp3) is 0.350. The summed E-state index contributed by atoms with van der Waals surface area (Å²) in [7, 11) is 0. The number of nitro benzene ring substituents is 1. The van der Waals surface area contributed by atoms with Crippen molar-refractivity contribution < 1.29 is 14.1 Å². The van der Waals surface area contributed by atoms with Crippen LogP contribution in [0.5, 0.6) is 0 Å². The van der Waals surface area contributed by atoms with Gasteiger partial charge in [0.2, 0.25) is 0 Å². The summed E-state index contributed by atoms with van der Waals surface area (Å²) in [6, 6.07) is 8.59. The Bertz CT molecular complexity index is 877. The quantitative estimate of drug-likeness (QED) is 0.633. The zero-order valence-electron chi connectivity index (χ0n) is 15.4. The number of carbonyl (C=O) groups excluding carboxylic acids is 1. The van der Waals surface area contributed by atoms with E-state index in [1.165, 1.54) is 18.2 Å². The van der Waals surface area contributed by atoms with Crippen LogP contribution in [0.2, 0.25) is 0 Å². The normalized spacial score (nSPS) is 14.9. The lowest BCUT2D eigenvalue weighted by Crippen LogP contribution is -2.33. The van der Waals surface area contributed by atoms with Crippen LogP contribution in [0.3, 0.4) is 0 Å². The maximum absolute atomic E-state index is 13.4. The fourth-order valence-corrected chi connectivity index (χ4v) is 3.25. The molecule has 1 amide bonds. The SMILES string of the molecule is Cc1ccc(F)cc1NC(=O)c1ccc(N2CCC(C)CC2)c([N+](=O)[O-])c1. The first kappa shape index (κ1) is 18.8. The molecule has 6 nitrogen and oxygen atoms in total. The Morgan fingerprint density at radius 3 is 2.59 bits per heavy atom. The summed E-state index contributed by atoms with van der Waals surface area (Å²) >= 11 is 0. The molecular formula is C20H22FN3O3. The number of aryl methyl sites for hydroxylation is 1. The molecule has 142 valence electrons. The monoisotopic (exact) mass is 371 g/mol. The number of benzene rings is 2. The van der Waals surface area contributed by atoms with Crippen molar-refractivity contribution >= 4 is 23.0 Å². The second kappa shape index (κ2) is 7.73. The number of halogens is 1. The van der Waals surface area contributed by atoms with Crippen LogP contribution in [-0.2, 0) is 0 Å². The van der Waals surface area contributed by atoms with Gasteiger partial charge in [-0.1, -0.05) is 13.0 Å². The zero-order chi connectivity index (χ0) is 19.6. The number of nitrogens with zero attached hydrogens (tertiary/aromatic N) is 2. The molecule has 0 spiro atoms. The molecule has 2 aromatic rings. The van der Waals surface area contributed by atoms with Crippen LogP contribution in [0.25, 0.3) is 0 Å². The lowest BCUT2D eigenvalue weighted by atomic mass is 9.98. The van der Waals surface area contributed by atoms with E-state index in [9.17, 15) is 19.3 Å². The maximum Gasteiger partial charge on any atom is 0.293 e. The number of rotatable bonds is 4. The van der Waals surface area contributed by atoms with Crippen LogP contribution < -0.4 is 10.2 Å². The van der Waals surface area contributed by atoms with Gasteiger partial charge in [-0.25, -0.2) is 4.39 Å². The molecule has 0 aliphatic carbocycles. The average Bonchev–Trinajstić information content (AvgIpc) is 2.65. The molecule has 1 saturated heterocycles. The molecule has 27 heavy (non-hydrogen) atoms. The summed E-state index contributed by atoms with van der Waals surface area (Å²) in [5.74, 6) is -0.359. The third-order valence-corrected chi connectivity index (χ3v) is 5.01. The first-order valence-electron chi connectivity index (χ1n) is 8.96. The van der Waals surface area contributed by atoms with Crippen LogP contribution in [-0.4, -0.2) is 23.9 Å². The standard InChI is InChI=1S/C20H22FN3O3/c1-13-7-9-23(10-8-13)18-6-4-15(11-19(18)24(26)27)20(25)22-17-12-16(21)5-3-14(17)2/h3-6,11-13H,7-10H2,1-2H3,(H,22,25). The molecular weight excluding hydrogens is 349 g/mol. The summed E-state index contributed by atoms with van der Waals surface area (Å²) in [5.41, 5.74) is 1.66.